The molecule has 0 saturated heterocycles. The number of nitrogens with zero attached hydrogens (tertiary/aromatic N) is 3. The van der Waals surface area contributed by atoms with E-state index in [1.807, 2.05) is 35.0 Å². The van der Waals surface area contributed by atoms with E-state index in [1.54, 1.807) is 18.3 Å². The molecule has 0 radical (unpaired) electrons. The first-order valence-electron chi connectivity index (χ1n) is 8.21. The van der Waals surface area contributed by atoms with Crippen molar-refractivity contribution in [3.05, 3.63) is 60.0 Å². The number of aromatic nitrogens is 3. The zero-order valence-corrected chi connectivity index (χ0v) is 13.5. The maximum Gasteiger partial charge on any atom is 0.273 e. The first kappa shape index (κ1) is 15.6. The van der Waals surface area contributed by atoms with E-state index in [4.69, 9.17) is 4.52 Å². The Bertz CT molecular complexity index is 865. The molecule has 4 rings (SSSR count). The lowest BCUT2D eigenvalue weighted by molar-refractivity contribution is 0.0875. The monoisotopic (exact) mass is 338 g/mol. The second-order valence-corrected chi connectivity index (χ2v) is 6.16. The van der Waals surface area contributed by atoms with Gasteiger partial charge in [-0.25, -0.2) is 0 Å². The quantitative estimate of drug-likeness (QED) is 0.744. The standard InChI is InChI=1S/C18H18N4O3/c23-11-14-6-7-19-22(14)15-8-13(9-15)20-18(24)16-10-17(25-21-16)12-4-2-1-3-5-12/h1-7,10,13,15,23H,8-9,11H2,(H,20,24)/t13-,15-. The second kappa shape index (κ2) is 6.52. The average Bonchev–Trinajstić information content (AvgIpc) is 3.27. The molecule has 0 unspecified atom stereocenters. The zero-order chi connectivity index (χ0) is 17.2. The number of nitrogens with one attached hydrogen (secondary N) is 1. The van der Waals surface area contributed by atoms with Crippen molar-refractivity contribution in [2.75, 3.05) is 0 Å². The van der Waals surface area contributed by atoms with Crippen LogP contribution in [-0.2, 0) is 6.61 Å². The summed E-state index contributed by atoms with van der Waals surface area (Å²) in [6.07, 6.45) is 3.24. The van der Waals surface area contributed by atoms with E-state index in [0.717, 1.165) is 24.1 Å². The fraction of sp³-hybridized carbons (Fsp3) is 0.278. The topological polar surface area (TPSA) is 93.2 Å². The molecule has 7 heteroatoms. The minimum Gasteiger partial charge on any atom is -0.390 e. The van der Waals surface area contributed by atoms with Crippen LogP contribution in [0.15, 0.2) is 53.2 Å². The molecule has 1 fully saturated rings. The molecule has 1 saturated carbocycles. The molecular weight excluding hydrogens is 320 g/mol. The van der Waals surface area contributed by atoms with Gasteiger partial charge in [0.15, 0.2) is 11.5 Å². The molecule has 0 spiro atoms. The van der Waals surface area contributed by atoms with Gasteiger partial charge in [0.1, 0.15) is 0 Å². The fourth-order valence-corrected chi connectivity index (χ4v) is 3.08. The van der Waals surface area contributed by atoms with Crippen LogP contribution in [0, 0.1) is 0 Å². The lowest BCUT2D eigenvalue weighted by Gasteiger charge is -2.36. The van der Waals surface area contributed by atoms with Gasteiger partial charge in [-0.3, -0.25) is 9.48 Å². The van der Waals surface area contributed by atoms with Gasteiger partial charge in [0, 0.05) is 23.9 Å². The molecule has 2 aromatic heterocycles. The van der Waals surface area contributed by atoms with Crippen molar-refractivity contribution in [1.82, 2.24) is 20.3 Å². The highest BCUT2D eigenvalue weighted by Gasteiger charge is 2.33. The van der Waals surface area contributed by atoms with Gasteiger partial charge >= 0.3 is 0 Å². The Kier molecular flexibility index (Phi) is 4.07. The van der Waals surface area contributed by atoms with Gasteiger partial charge in [0.05, 0.1) is 18.3 Å². The maximum atomic E-state index is 12.3. The summed E-state index contributed by atoms with van der Waals surface area (Å²) in [5.74, 6) is 0.332. The highest BCUT2D eigenvalue weighted by atomic mass is 16.5. The van der Waals surface area contributed by atoms with Crippen molar-refractivity contribution >= 4 is 5.91 Å². The number of amides is 1. The largest absolute Gasteiger partial charge is 0.390 e. The van der Waals surface area contributed by atoms with E-state index in [2.05, 4.69) is 15.6 Å². The number of rotatable bonds is 5. The van der Waals surface area contributed by atoms with Gasteiger partial charge in [-0.2, -0.15) is 5.10 Å². The van der Waals surface area contributed by atoms with Gasteiger partial charge in [0.2, 0.25) is 0 Å². The molecule has 128 valence electrons. The van der Waals surface area contributed by atoms with E-state index in [-0.39, 0.29) is 30.3 Å². The molecule has 3 aromatic rings. The van der Waals surface area contributed by atoms with Crippen LogP contribution in [0.5, 0.6) is 0 Å². The molecule has 1 aliphatic rings. The first-order chi connectivity index (χ1) is 12.2. The number of hydrogen-bond acceptors (Lipinski definition) is 5. The highest BCUT2D eigenvalue weighted by Crippen LogP contribution is 2.33. The summed E-state index contributed by atoms with van der Waals surface area (Å²) in [5.41, 5.74) is 1.95. The molecule has 2 heterocycles. The molecular formula is C18H18N4O3. The SMILES string of the molecule is O=C(N[C@H]1C[C@H](n2nccc2CO)C1)c1cc(-c2ccccc2)on1. The minimum absolute atomic E-state index is 0.0330. The molecule has 2 N–H and O–H groups in total. The Morgan fingerprint density at radius 1 is 1.28 bits per heavy atom. The molecule has 0 bridgehead atoms. The number of aliphatic hydroxyl groups excluding tert-OH is 1. The third-order valence-electron chi connectivity index (χ3n) is 4.51. The van der Waals surface area contributed by atoms with E-state index in [0.29, 0.717) is 5.76 Å². The zero-order valence-electron chi connectivity index (χ0n) is 13.5. The Morgan fingerprint density at radius 2 is 2.08 bits per heavy atom. The molecule has 0 aliphatic heterocycles. The van der Waals surface area contributed by atoms with Crippen LogP contribution in [0.2, 0.25) is 0 Å². The molecule has 1 aliphatic carbocycles. The Morgan fingerprint density at radius 3 is 2.84 bits per heavy atom. The average molecular weight is 338 g/mol. The highest BCUT2D eigenvalue weighted by molar-refractivity contribution is 5.93. The van der Waals surface area contributed by atoms with E-state index in [9.17, 15) is 9.90 Å². The van der Waals surface area contributed by atoms with Crippen molar-refractivity contribution in [1.29, 1.82) is 0 Å². The number of carbonyl (C=O) groups excluding carboxylic acids is 1. The first-order valence-corrected chi connectivity index (χ1v) is 8.21. The van der Waals surface area contributed by atoms with Crippen LogP contribution in [0.1, 0.15) is 35.1 Å². The molecule has 0 atom stereocenters. The van der Waals surface area contributed by atoms with E-state index >= 15 is 0 Å². The lowest BCUT2D eigenvalue weighted by Crippen LogP contribution is -2.45. The predicted molar refractivity (Wildman–Crippen MR) is 89.6 cm³/mol. The second-order valence-electron chi connectivity index (χ2n) is 6.16. The summed E-state index contributed by atoms with van der Waals surface area (Å²) in [7, 11) is 0. The van der Waals surface area contributed by atoms with Gasteiger partial charge < -0.3 is 14.9 Å². The number of benzene rings is 1. The number of aliphatic hydroxyl groups is 1. The smallest absolute Gasteiger partial charge is 0.273 e. The number of carbonyl (C=O) groups is 1. The van der Waals surface area contributed by atoms with Crippen LogP contribution < -0.4 is 5.32 Å². The Hall–Kier alpha value is -2.93. The summed E-state index contributed by atoms with van der Waals surface area (Å²) < 4.78 is 7.09. The Balaban J connectivity index is 1.35. The summed E-state index contributed by atoms with van der Waals surface area (Å²) in [6.45, 7) is -0.0330. The summed E-state index contributed by atoms with van der Waals surface area (Å²) >= 11 is 0. The van der Waals surface area contributed by atoms with Crippen LogP contribution in [0.3, 0.4) is 0 Å². The fourth-order valence-electron chi connectivity index (χ4n) is 3.08. The predicted octanol–water partition coefficient (Wildman–Crippen LogP) is 2.16. The third kappa shape index (κ3) is 3.06. The van der Waals surface area contributed by atoms with E-state index in [1.165, 1.54) is 0 Å². The Labute approximate surface area is 144 Å². The minimum atomic E-state index is -0.239. The third-order valence-corrected chi connectivity index (χ3v) is 4.51. The van der Waals surface area contributed by atoms with Gasteiger partial charge in [-0.1, -0.05) is 35.5 Å². The molecule has 25 heavy (non-hydrogen) atoms. The van der Waals surface area contributed by atoms with Gasteiger partial charge in [-0.05, 0) is 18.9 Å². The normalized spacial score (nSPS) is 19.4. The maximum absolute atomic E-state index is 12.3. The van der Waals surface area contributed by atoms with Crippen molar-refractivity contribution < 1.29 is 14.4 Å². The van der Waals surface area contributed by atoms with Crippen LogP contribution in [-0.4, -0.2) is 32.0 Å². The lowest BCUT2D eigenvalue weighted by atomic mass is 9.86. The van der Waals surface area contributed by atoms with E-state index < -0.39 is 0 Å². The van der Waals surface area contributed by atoms with Crippen LogP contribution in [0.25, 0.3) is 11.3 Å². The van der Waals surface area contributed by atoms with Crippen molar-refractivity contribution in [2.24, 2.45) is 0 Å². The van der Waals surface area contributed by atoms with Crippen molar-refractivity contribution in [3.8, 4) is 11.3 Å². The summed E-state index contributed by atoms with van der Waals surface area (Å²) in [4.78, 5) is 12.3. The van der Waals surface area contributed by atoms with Crippen LogP contribution >= 0.6 is 0 Å². The molecule has 7 nitrogen and oxygen atoms in total. The molecule has 1 aromatic carbocycles. The van der Waals surface area contributed by atoms with Crippen LogP contribution in [0.4, 0.5) is 0 Å². The van der Waals surface area contributed by atoms with Crippen molar-refractivity contribution in [2.45, 2.75) is 31.5 Å². The number of hydrogen-bond donors (Lipinski definition) is 2. The van der Waals surface area contributed by atoms with Gasteiger partial charge in [-0.15, -0.1) is 0 Å². The van der Waals surface area contributed by atoms with Gasteiger partial charge in [0.25, 0.3) is 5.91 Å². The van der Waals surface area contributed by atoms with Crippen molar-refractivity contribution in [3.63, 3.8) is 0 Å². The summed E-state index contributed by atoms with van der Waals surface area (Å²) in [6, 6.07) is 13.3. The summed E-state index contributed by atoms with van der Waals surface area (Å²) in [5, 5.41) is 20.3. The molecule has 1 amide bonds.